The van der Waals surface area contributed by atoms with Crippen LogP contribution >= 0.6 is 11.8 Å². The highest BCUT2D eigenvalue weighted by Crippen LogP contribution is 2.22. The standard InChI is InChI=1S/C17H14F5NO2S/c18-12-3-6-15(14(19)7-12)26-9-16(24)23-8-11-1-4-13(5-2-11)25-10-17(20,21)22/h1-7H,8-10H2,(H,23,24). The molecular formula is C17H14F5NO2S. The minimum Gasteiger partial charge on any atom is -0.484 e. The fraction of sp³-hybridized carbons (Fsp3) is 0.235. The average molecular weight is 391 g/mol. The van der Waals surface area contributed by atoms with Crippen molar-refractivity contribution in [3.63, 3.8) is 0 Å². The molecule has 0 atom stereocenters. The zero-order chi connectivity index (χ0) is 19.2. The second kappa shape index (κ2) is 8.88. The summed E-state index contributed by atoms with van der Waals surface area (Å²) in [5.74, 6) is -1.79. The largest absolute Gasteiger partial charge is 0.484 e. The molecule has 0 aromatic heterocycles. The van der Waals surface area contributed by atoms with Crippen LogP contribution in [0, 0.1) is 11.6 Å². The van der Waals surface area contributed by atoms with E-state index < -0.39 is 24.4 Å². The first-order valence-electron chi connectivity index (χ1n) is 7.36. The van der Waals surface area contributed by atoms with Gasteiger partial charge in [-0.05, 0) is 29.8 Å². The van der Waals surface area contributed by atoms with Crippen LogP contribution in [0.5, 0.6) is 5.75 Å². The Hall–Kier alpha value is -2.29. The summed E-state index contributed by atoms with van der Waals surface area (Å²) in [6, 6.07) is 8.89. The van der Waals surface area contributed by atoms with Gasteiger partial charge in [-0.1, -0.05) is 12.1 Å². The van der Waals surface area contributed by atoms with Gasteiger partial charge in [-0.2, -0.15) is 13.2 Å². The summed E-state index contributed by atoms with van der Waals surface area (Å²) in [4.78, 5) is 11.9. The van der Waals surface area contributed by atoms with Gasteiger partial charge in [-0.3, -0.25) is 4.79 Å². The molecule has 0 saturated carbocycles. The van der Waals surface area contributed by atoms with Gasteiger partial charge in [0.2, 0.25) is 5.91 Å². The van der Waals surface area contributed by atoms with Gasteiger partial charge in [0, 0.05) is 17.5 Å². The Bertz CT molecular complexity index is 750. The van der Waals surface area contributed by atoms with Crippen molar-refractivity contribution < 1.29 is 31.5 Å². The van der Waals surface area contributed by atoms with Crippen LogP contribution in [-0.4, -0.2) is 24.4 Å². The lowest BCUT2D eigenvalue weighted by Gasteiger charge is -2.10. The summed E-state index contributed by atoms with van der Waals surface area (Å²) in [7, 11) is 0. The zero-order valence-corrected chi connectivity index (χ0v) is 14.1. The van der Waals surface area contributed by atoms with Gasteiger partial charge in [-0.25, -0.2) is 8.78 Å². The summed E-state index contributed by atoms with van der Waals surface area (Å²) in [5.41, 5.74) is 0.663. The van der Waals surface area contributed by atoms with E-state index in [-0.39, 0.29) is 28.8 Å². The Morgan fingerprint density at radius 1 is 1.08 bits per heavy atom. The second-order valence-corrected chi connectivity index (χ2v) is 6.21. The molecule has 0 aliphatic carbocycles. The zero-order valence-electron chi connectivity index (χ0n) is 13.3. The van der Waals surface area contributed by atoms with E-state index in [1.54, 1.807) is 0 Å². The molecule has 0 radical (unpaired) electrons. The quantitative estimate of drug-likeness (QED) is 0.565. The molecule has 0 aliphatic heterocycles. The molecule has 3 nitrogen and oxygen atoms in total. The number of ether oxygens (including phenoxy) is 1. The molecule has 1 amide bonds. The van der Waals surface area contributed by atoms with Gasteiger partial charge in [0.05, 0.1) is 5.75 Å². The maximum Gasteiger partial charge on any atom is 0.422 e. The Morgan fingerprint density at radius 3 is 2.38 bits per heavy atom. The fourth-order valence-electron chi connectivity index (χ4n) is 1.86. The van der Waals surface area contributed by atoms with E-state index in [1.807, 2.05) is 0 Å². The summed E-state index contributed by atoms with van der Waals surface area (Å²) in [6.45, 7) is -1.22. The molecule has 0 aliphatic rings. The minimum atomic E-state index is -4.41. The third-order valence-electron chi connectivity index (χ3n) is 3.07. The third kappa shape index (κ3) is 6.91. The molecule has 0 bridgehead atoms. The molecule has 0 saturated heterocycles. The van der Waals surface area contributed by atoms with Crippen molar-refractivity contribution in [3.8, 4) is 5.75 Å². The molecule has 2 rings (SSSR count). The lowest BCUT2D eigenvalue weighted by atomic mass is 10.2. The Morgan fingerprint density at radius 2 is 1.77 bits per heavy atom. The van der Waals surface area contributed by atoms with E-state index in [4.69, 9.17) is 0 Å². The lowest BCUT2D eigenvalue weighted by molar-refractivity contribution is -0.153. The van der Waals surface area contributed by atoms with Crippen LogP contribution in [0.2, 0.25) is 0 Å². The molecule has 9 heteroatoms. The molecule has 2 aromatic carbocycles. The van der Waals surface area contributed by atoms with E-state index in [0.717, 1.165) is 23.9 Å². The van der Waals surface area contributed by atoms with Crippen LogP contribution in [0.1, 0.15) is 5.56 Å². The van der Waals surface area contributed by atoms with Crippen molar-refractivity contribution >= 4 is 17.7 Å². The van der Waals surface area contributed by atoms with Gasteiger partial charge in [0.1, 0.15) is 17.4 Å². The van der Waals surface area contributed by atoms with Crippen LogP contribution in [-0.2, 0) is 11.3 Å². The Balaban J connectivity index is 1.76. The molecule has 0 heterocycles. The van der Waals surface area contributed by atoms with Crippen LogP contribution in [0.4, 0.5) is 22.0 Å². The normalized spacial score (nSPS) is 11.3. The van der Waals surface area contributed by atoms with Crippen LogP contribution < -0.4 is 10.1 Å². The van der Waals surface area contributed by atoms with Gasteiger partial charge < -0.3 is 10.1 Å². The number of halogens is 5. The SMILES string of the molecule is O=C(CSc1ccc(F)cc1F)NCc1ccc(OCC(F)(F)F)cc1. The summed E-state index contributed by atoms with van der Waals surface area (Å²) >= 11 is 0.930. The second-order valence-electron chi connectivity index (χ2n) is 5.19. The molecular weight excluding hydrogens is 377 g/mol. The van der Waals surface area contributed by atoms with Gasteiger partial charge in [-0.15, -0.1) is 11.8 Å². The van der Waals surface area contributed by atoms with Crippen molar-refractivity contribution in [2.75, 3.05) is 12.4 Å². The molecule has 0 unspecified atom stereocenters. The predicted octanol–water partition coefficient (Wildman–Crippen LogP) is 4.31. The first kappa shape index (κ1) is 20.0. The summed E-state index contributed by atoms with van der Waals surface area (Å²) in [5, 5.41) is 2.60. The van der Waals surface area contributed by atoms with E-state index in [0.29, 0.717) is 5.56 Å². The summed E-state index contributed by atoms with van der Waals surface area (Å²) in [6.07, 6.45) is -4.41. The number of benzene rings is 2. The highest BCUT2D eigenvalue weighted by atomic mass is 32.2. The number of hydrogen-bond acceptors (Lipinski definition) is 3. The van der Waals surface area contributed by atoms with Crippen molar-refractivity contribution in [2.24, 2.45) is 0 Å². The highest BCUT2D eigenvalue weighted by Gasteiger charge is 2.28. The number of alkyl halides is 3. The van der Waals surface area contributed by atoms with Crippen LogP contribution in [0.15, 0.2) is 47.4 Å². The number of carbonyl (C=O) groups is 1. The monoisotopic (exact) mass is 391 g/mol. The molecule has 0 spiro atoms. The Kier molecular flexibility index (Phi) is 6.84. The number of thioether (sulfide) groups is 1. The predicted molar refractivity (Wildman–Crippen MR) is 86.9 cm³/mol. The van der Waals surface area contributed by atoms with E-state index in [9.17, 15) is 26.7 Å². The van der Waals surface area contributed by atoms with Crippen molar-refractivity contribution in [2.45, 2.75) is 17.6 Å². The fourth-order valence-corrected chi connectivity index (χ4v) is 2.61. The highest BCUT2D eigenvalue weighted by molar-refractivity contribution is 8.00. The number of hydrogen-bond donors (Lipinski definition) is 1. The van der Waals surface area contributed by atoms with Crippen molar-refractivity contribution in [3.05, 3.63) is 59.7 Å². The van der Waals surface area contributed by atoms with Gasteiger partial charge >= 0.3 is 6.18 Å². The first-order valence-corrected chi connectivity index (χ1v) is 8.34. The molecule has 140 valence electrons. The Labute approximate surface area is 150 Å². The number of amides is 1. The third-order valence-corrected chi connectivity index (χ3v) is 4.12. The maximum absolute atomic E-state index is 13.5. The first-order chi connectivity index (χ1) is 12.2. The smallest absolute Gasteiger partial charge is 0.422 e. The summed E-state index contributed by atoms with van der Waals surface area (Å²) < 4.78 is 67.0. The van der Waals surface area contributed by atoms with Crippen LogP contribution in [0.25, 0.3) is 0 Å². The molecule has 26 heavy (non-hydrogen) atoms. The van der Waals surface area contributed by atoms with Crippen molar-refractivity contribution in [1.82, 2.24) is 5.32 Å². The maximum atomic E-state index is 13.5. The number of rotatable bonds is 7. The molecule has 2 aromatic rings. The average Bonchev–Trinajstić information content (AvgIpc) is 2.57. The molecule has 0 fully saturated rings. The van der Waals surface area contributed by atoms with Crippen molar-refractivity contribution in [1.29, 1.82) is 0 Å². The van der Waals surface area contributed by atoms with Gasteiger partial charge in [0.25, 0.3) is 0 Å². The lowest BCUT2D eigenvalue weighted by Crippen LogP contribution is -2.24. The van der Waals surface area contributed by atoms with Gasteiger partial charge in [0.15, 0.2) is 6.61 Å². The number of carbonyl (C=O) groups excluding carboxylic acids is 1. The topological polar surface area (TPSA) is 38.3 Å². The van der Waals surface area contributed by atoms with Crippen LogP contribution in [0.3, 0.4) is 0 Å². The number of nitrogens with one attached hydrogen (secondary N) is 1. The van der Waals surface area contributed by atoms with E-state index >= 15 is 0 Å². The minimum absolute atomic E-state index is 0.0602. The van der Waals surface area contributed by atoms with E-state index in [2.05, 4.69) is 10.1 Å². The van der Waals surface area contributed by atoms with E-state index in [1.165, 1.54) is 30.3 Å². The molecule has 1 N–H and O–H groups in total.